The molecule has 0 aliphatic heterocycles. The average Bonchev–Trinajstić information content (AvgIpc) is 2.68. The van der Waals surface area contributed by atoms with Gasteiger partial charge in [0.25, 0.3) is 11.5 Å². The van der Waals surface area contributed by atoms with Crippen molar-refractivity contribution in [1.29, 1.82) is 0 Å². The van der Waals surface area contributed by atoms with Gasteiger partial charge in [-0.3, -0.25) is 14.0 Å². The fourth-order valence-electron chi connectivity index (χ4n) is 3.03. The van der Waals surface area contributed by atoms with Crippen LogP contribution in [0.3, 0.4) is 0 Å². The number of nitrogens with zero attached hydrogens (tertiary/aromatic N) is 3. The molecule has 0 radical (unpaired) electrons. The van der Waals surface area contributed by atoms with Crippen molar-refractivity contribution < 1.29 is 4.79 Å². The number of benzene rings is 1. The van der Waals surface area contributed by atoms with Crippen LogP contribution in [0.2, 0.25) is 0 Å². The monoisotopic (exact) mass is 352 g/mol. The number of fused-ring (bicyclic) bond motifs is 2. The summed E-state index contributed by atoms with van der Waals surface area (Å²) >= 11 is 0. The fourth-order valence-corrected chi connectivity index (χ4v) is 3.03. The van der Waals surface area contributed by atoms with Crippen LogP contribution < -0.4 is 10.9 Å². The van der Waals surface area contributed by atoms with E-state index in [2.05, 4.69) is 29.0 Å². The second-order valence-corrected chi connectivity index (χ2v) is 6.22. The molecule has 1 amide bonds. The number of carbonyl (C=O) groups excluding carboxylic acids is 1. The number of hydrogen-bond acceptors (Lipinski definition) is 4. The third-order valence-corrected chi connectivity index (χ3v) is 4.61. The average molecular weight is 352 g/mol. The zero-order valence-corrected chi connectivity index (χ0v) is 15.2. The van der Waals surface area contributed by atoms with Gasteiger partial charge in [-0.2, -0.15) is 0 Å². The van der Waals surface area contributed by atoms with E-state index < -0.39 is 0 Å². The van der Waals surface area contributed by atoms with Crippen molar-refractivity contribution in [2.75, 3.05) is 26.2 Å². The third-order valence-electron chi connectivity index (χ3n) is 4.61. The van der Waals surface area contributed by atoms with Gasteiger partial charge in [0.15, 0.2) is 0 Å². The summed E-state index contributed by atoms with van der Waals surface area (Å²) in [5.74, 6) is -0.175. The molecule has 0 fully saturated rings. The molecule has 0 saturated heterocycles. The minimum Gasteiger partial charge on any atom is -0.352 e. The lowest BCUT2D eigenvalue weighted by atomic mass is 10.2. The number of hydrogen-bond donors (Lipinski definition) is 1. The van der Waals surface area contributed by atoms with E-state index >= 15 is 0 Å². The van der Waals surface area contributed by atoms with Gasteiger partial charge in [-0.1, -0.05) is 26.0 Å². The Kier molecular flexibility index (Phi) is 5.63. The minimum atomic E-state index is -0.175. The van der Waals surface area contributed by atoms with Crippen LogP contribution in [0, 0.1) is 0 Å². The van der Waals surface area contributed by atoms with E-state index in [9.17, 15) is 9.59 Å². The fraction of sp³-hybridized carbons (Fsp3) is 0.350. The molecule has 26 heavy (non-hydrogen) atoms. The van der Waals surface area contributed by atoms with Gasteiger partial charge in [0.2, 0.25) is 0 Å². The maximum atomic E-state index is 12.6. The molecule has 0 aliphatic rings. The molecule has 0 saturated carbocycles. The molecular formula is C20H24N4O2. The van der Waals surface area contributed by atoms with Crippen LogP contribution in [0.1, 0.15) is 30.6 Å². The summed E-state index contributed by atoms with van der Waals surface area (Å²) in [4.78, 5) is 31.8. The standard InChI is InChI=1S/C20H24N4O2/c1-3-23(4-2)13-7-12-21-19(25)15-10-11-18-22-17-9-6-5-8-16(17)20(26)24(18)14-15/h5-6,8-11,14H,3-4,7,12-13H2,1-2H3,(H,21,25). The zero-order valence-electron chi connectivity index (χ0n) is 15.2. The highest BCUT2D eigenvalue weighted by Crippen LogP contribution is 2.10. The van der Waals surface area contributed by atoms with Crippen molar-refractivity contribution in [2.24, 2.45) is 0 Å². The Morgan fingerprint density at radius 2 is 1.92 bits per heavy atom. The molecule has 2 heterocycles. The van der Waals surface area contributed by atoms with Crippen LogP contribution >= 0.6 is 0 Å². The number of para-hydroxylation sites is 1. The van der Waals surface area contributed by atoms with E-state index in [0.29, 0.717) is 28.7 Å². The largest absolute Gasteiger partial charge is 0.352 e. The van der Waals surface area contributed by atoms with E-state index in [0.717, 1.165) is 26.1 Å². The lowest BCUT2D eigenvalue weighted by molar-refractivity contribution is 0.0951. The number of aromatic nitrogens is 2. The molecule has 1 aromatic carbocycles. The molecule has 0 aliphatic carbocycles. The quantitative estimate of drug-likeness (QED) is 0.523. The van der Waals surface area contributed by atoms with Gasteiger partial charge < -0.3 is 10.2 Å². The number of rotatable bonds is 7. The SMILES string of the molecule is CCN(CC)CCCNC(=O)c1ccc2nc3ccccc3c(=O)n2c1. The van der Waals surface area contributed by atoms with Gasteiger partial charge in [-0.15, -0.1) is 0 Å². The van der Waals surface area contributed by atoms with Crippen LogP contribution in [0.4, 0.5) is 0 Å². The molecule has 0 spiro atoms. The van der Waals surface area contributed by atoms with E-state index in [4.69, 9.17) is 0 Å². The van der Waals surface area contributed by atoms with Crippen LogP contribution in [-0.2, 0) is 0 Å². The summed E-state index contributed by atoms with van der Waals surface area (Å²) in [5.41, 5.74) is 1.49. The summed E-state index contributed by atoms with van der Waals surface area (Å²) in [7, 11) is 0. The first-order valence-electron chi connectivity index (χ1n) is 9.05. The van der Waals surface area contributed by atoms with Crippen molar-refractivity contribution in [3.8, 4) is 0 Å². The number of carbonyl (C=O) groups is 1. The van der Waals surface area contributed by atoms with E-state index in [1.807, 2.05) is 18.2 Å². The van der Waals surface area contributed by atoms with Crippen molar-refractivity contribution in [2.45, 2.75) is 20.3 Å². The highest BCUT2D eigenvalue weighted by molar-refractivity contribution is 5.94. The van der Waals surface area contributed by atoms with Crippen LogP contribution in [0.25, 0.3) is 16.6 Å². The van der Waals surface area contributed by atoms with Crippen LogP contribution in [0.5, 0.6) is 0 Å². The number of pyridine rings is 1. The van der Waals surface area contributed by atoms with Crippen molar-refractivity contribution in [3.63, 3.8) is 0 Å². The molecule has 1 N–H and O–H groups in total. The van der Waals surface area contributed by atoms with Crippen molar-refractivity contribution in [3.05, 3.63) is 58.5 Å². The first kappa shape index (κ1) is 18.1. The summed E-state index contributed by atoms with van der Waals surface area (Å²) in [5, 5.41) is 3.47. The molecule has 0 unspecified atom stereocenters. The maximum absolute atomic E-state index is 12.6. The molecule has 6 heteroatoms. The molecule has 136 valence electrons. The molecule has 2 aromatic heterocycles. The van der Waals surface area contributed by atoms with E-state index in [1.54, 1.807) is 24.4 Å². The van der Waals surface area contributed by atoms with Gasteiger partial charge >= 0.3 is 0 Å². The molecule has 3 aromatic rings. The Hall–Kier alpha value is -2.73. The van der Waals surface area contributed by atoms with Gasteiger partial charge in [0.05, 0.1) is 16.5 Å². The first-order chi connectivity index (χ1) is 12.6. The molecule has 6 nitrogen and oxygen atoms in total. The smallest absolute Gasteiger partial charge is 0.265 e. The normalized spacial score (nSPS) is 11.3. The third kappa shape index (κ3) is 3.75. The minimum absolute atomic E-state index is 0.165. The maximum Gasteiger partial charge on any atom is 0.265 e. The van der Waals surface area contributed by atoms with Gasteiger partial charge in [-0.05, 0) is 50.3 Å². The summed E-state index contributed by atoms with van der Waals surface area (Å²) in [6, 6.07) is 10.6. The molecule has 0 bridgehead atoms. The Labute approximate surface area is 152 Å². The summed E-state index contributed by atoms with van der Waals surface area (Å²) in [6.07, 6.45) is 2.46. The molecule has 3 rings (SSSR count). The first-order valence-corrected chi connectivity index (χ1v) is 9.05. The second kappa shape index (κ2) is 8.10. The van der Waals surface area contributed by atoms with Gasteiger partial charge in [-0.25, -0.2) is 4.98 Å². The Morgan fingerprint density at radius 1 is 1.15 bits per heavy atom. The van der Waals surface area contributed by atoms with Crippen molar-refractivity contribution in [1.82, 2.24) is 19.6 Å². The summed E-state index contributed by atoms with van der Waals surface area (Å²) in [6.45, 7) is 7.86. The molecule has 0 atom stereocenters. The Bertz CT molecular complexity index is 976. The van der Waals surface area contributed by atoms with Crippen molar-refractivity contribution >= 4 is 22.5 Å². The lowest BCUT2D eigenvalue weighted by Crippen LogP contribution is -2.30. The predicted octanol–water partition coefficient (Wildman–Crippen LogP) is 2.31. The summed E-state index contributed by atoms with van der Waals surface area (Å²) < 4.78 is 1.44. The van der Waals surface area contributed by atoms with Crippen LogP contribution in [-0.4, -0.2) is 46.4 Å². The van der Waals surface area contributed by atoms with Gasteiger partial charge in [0, 0.05) is 12.7 Å². The van der Waals surface area contributed by atoms with E-state index in [-0.39, 0.29) is 11.5 Å². The number of amides is 1. The zero-order chi connectivity index (χ0) is 18.5. The predicted molar refractivity (Wildman–Crippen MR) is 104 cm³/mol. The lowest BCUT2D eigenvalue weighted by Gasteiger charge is -2.17. The Balaban J connectivity index is 1.76. The highest BCUT2D eigenvalue weighted by atomic mass is 16.1. The number of nitrogens with one attached hydrogen (secondary N) is 1. The highest BCUT2D eigenvalue weighted by Gasteiger charge is 2.10. The second-order valence-electron chi connectivity index (χ2n) is 6.22. The topological polar surface area (TPSA) is 66.7 Å². The van der Waals surface area contributed by atoms with Crippen LogP contribution in [0.15, 0.2) is 47.4 Å². The van der Waals surface area contributed by atoms with E-state index in [1.165, 1.54) is 4.40 Å². The Morgan fingerprint density at radius 3 is 2.69 bits per heavy atom. The van der Waals surface area contributed by atoms with Gasteiger partial charge in [0.1, 0.15) is 5.65 Å². The molecular weight excluding hydrogens is 328 g/mol.